The second-order valence-corrected chi connectivity index (χ2v) is 9.34. The number of aryl methyl sites for hydroxylation is 1. The first kappa shape index (κ1) is 24.9. The SMILES string of the molecule is CCNC(=O)[C@H](Cc1ccccc1)N(Cc1cccc(C)c1)C(=O)CSc1ccc(Cl)cc1. The van der Waals surface area contributed by atoms with Gasteiger partial charge >= 0.3 is 0 Å². The van der Waals surface area contributed by atoms with Crippen LogP contribution in [0, 0.1) is 6.92 Å². The Balaban J connectivity index is 1.88. The lowest BCUT2D eigenvalue weighted by Gasteiger charge is -2.31. The van der Waals surface area contributed by atoms with Gasteiger partial charge in [-0.2, -0.15) is 0 Å². The molecule has 0 aromatic heterocycles. The van der Waals surface area contributed by atoms with Crippen molar-refractivity contribution in [1.29, 1.82) is 0 Å². The lowest BCUT2D eigenvalue weighted by atomic mass is 10.0. The minimum Gasteiger partial charge on any atom is -0.355 e. The molecular formula is C27H29ClN2O2S. The second-order valence-electron chi connectivity index (χ2n) is 7.85. The van der Waals surface area contributed by atoms with Crippen LogP contribution >= 0.6 is 23.4 Å². The van der Waals surface area contributed by atoms with E-state index in [0.29, 0.717) is 24.5 Å². The predicted molar refractivity (Wildman–Crippen MR) is 137 cm³/mol. The van der Waals surface area contributed by atoms with E-state index in [4.69, 9.17) is 11.6 Å². The summed E-state index contributed by atoms with van der Waals surface area (Å²) >= 11 is 7.43. The third-order valence-electron chi connectivity index (χ3n) is 5.23. The van der Waals surface area contributed by atoms with Crippen molar-refractivity contribution >= 4 is 35.2 Å². The summed E-state index contributed by atoms with van der Waals surface area (Å²) in [6.45, 7) is 4.80. The molecule has 3 aromatic carbocycles. The number of thioether (sulfide) groups is 1. The van der Waals surface area contributed by atoms with Crippen LogP contribution in [0.3, 0.4) is 0 Å². The van der Waals surface area contributed by atoms with E-state index in [1.807, 2.05) is 86.6 Å². The van der Waals surface area contributed by atoms with Gasteiger partial charge in [0.2, 0.25) is 11.8 Å². The molecular weight excluding hydrogens is 452 g/mol. The van der Waals surface area contributed by atoms with Gasteiger partial charge in [0.25, 0.3) is 0 Å². The van der Waals surface area contributed by atoms with Gasteiger partial charge in [-0.1, -0.05) is 71.8 Å². The van der Waals surface area contributed by atoms with E-state index >= 15 is 0 Å². The van der Waals surface area contributed by atoms with Crippen LogP contribution in [0.25, 0.3) is 0 Å². The Morgan fingerprint density at radius 3 is 2.33 bits per heavy atom. The average Bonchev–Trinajstić information content (AvgIpc) is 2.81. The smallest absolute Gasteiger partial charge is 0.243 e. The van der Waals surface area contributed by atoms with Gasteiger partial charge in [-0.3, -0.25) is 9.59 Å². The summed E-state index contributed by atoms with van der Waals surface area (Å²) in [6, 6.07) is 24.7. The number of halogens is 1. The molecule has 33 heavy (non-hydrogen) atoms. The first-order valence-electron chi connectivity index (χ1n) is 11.0. The molecule has 3 aromatic rings. The fourth-order valence-corrected chi connectivity index (χ4v) is 4.52. The Morgan fingerprint density at radius 2 is 1.67 bits per heavy atom. The molecule has 1 atom stereocenters. The molecule has 0 unspecified atom stereocenters. The van der Waals surface area contributed by atoms with Gasteiger partial charge in [0.15, 0.2) is 0 Å². The number of hydrogen-bond donors (Lipinski definition) is 1. The van der Waals surface area contributed by atoms with Crippen LogP contribution in [-0.4, -0.2) is 35.1 Å². The normalized spacial score (nSPS) is 11.6. The number of hydrogen-bond acceptors (Lipinski definition) is 3. The van der Waals surface area contributed by atoms with Crippen LogP contribution in [0.4, 0.5) is 0 Å². The van der Waals surface area contributed by atoms with Gasteiger partial charge in [-0.05, 0) is 49.2 Å². The number of carbonyl (C=O) groups is 2. The molecule has 0 saturated carbocycles. The van der Waals surface area contributed by atoms with Crippen molar-refractivity contribution in [3.05, 3.63) is 101 Å². The van der Waals surface area contributed by atoms with Crippen molar-refractivity contribution < 1.29 is 9.59 Å². The number of benzene rings is 3. The summed E-state index contributed by atoms with van der Waals surface area (Å²) < 4.78 is 0. The van der Waals surface area contributed by atoms with Crippen molar-refractivity contribution in [3.63, 3.8) is 0 Å². The van der Waals surface area contributed by atoms with Gasteiger partial charge in [0.05, 0.1) is 5.75 Å². The maximum Gasteiger partial charge on any atom is 0.243 e. The third kappa shape index (κ3) is 7.65. The van der Waals surface area contributed by atoms with E-state index in [1.54, 1.807) is 4.90 Å². The average molecular weight is 481 g/mol. The van der Waals surface area contributed by atoms with E-state index in [0.717, 1.165) is 21.6 Å². The van der Waals surface area contributed by atoms with E-state index in [1.165, 1.54) is 11.8 Å². The first-order valence-corrected chi connectivity index (χ1v) is 12.4. The summed E-state index contributed by atoms with van der Waals surface area (Å²) in [5.74, 6) is 0.0144. The van der Waals surface area contributed by atoms with Crippen LogP contribution in [0.2, 0.25) is 5.02 Å². The van der Waals surface area contributed by atoms with Crippen molar-refractivity contribution in [2.75, 3.05) is 12.3 Å². The molecule has 172 valence electrons. The quantitative estimate of drug-likeness (QED) is 0.389. The van der Waals surface area contributed by atoms with Gasteiger partial charge in [-0.15, -0.1) is 11.8 Å². The molecule has 0 bridgehead atoms. The van der Waals surface area contributed by atoms with E-state index in [2.05, 4.69) is 11.4 Å². The molecule has 1 N–H and O–H groups in total. The third-order valence-corrected chi connectivity index (χ3v) is 6.48. The molecule has 0 aliphatic heterocycles. The summed E-state index contributed by atoms with van der Waals surface area (Å²) in [6.07, 6.45) is 0.454. The van der Waals surface area contributed by atoms with Gasteiger partial charge in [0.1, 0.15) is 6.04 Å². The Kier molecular flexibility index (Phi) is 9.40. The number of likely N-dealkylation sites (N-methyl/N-ethyl adjacent to an activating group) is 1. The summed E-state index contributed by atoms with van der Waals surface area (Å²) in [5.41, 5.74) is 3.14. The molecule has 6 heteroatoms. The highest BCUT2D eigenvalue weighted by Gasteiger charge is 2.30. The lowest BCUT2D eigenvalue weighted by Crippen LogP contribution is -2.51. The maximum absolute atomic E-state index is 13.5. The molecule has 0 heterocycles. The molecule has 0 saturated heterocycles. The lowest BCUT2D eigenvalue weighted by molar-refractivity contribution is -0.139. The first-order chi connectivity index (χ1) is 16.0. The van der Waals surface area contributed by atoms with Crippen molar-refractivity contribution in [2.24, 2.45) is 0 Å². The number of nitrogens with one attached hydrogen (secondary N) is 1. The number of rotatable bonds is 10. The van der Waals surface area contributed by atoms with Crippen LogP contribution < -0.4 is 5.32 Å². The highest BCUT2D eigenvalue weighted by atomic mass is 35.5. The predicted octanol–water partition coefficient (Wildman–Crippen LogP) is 5.52. The van der Waals surface area contributed by atoms with Gasteiger partial charge in [-0.25, -0.2) is 0 Å². The fourth-order valence-electron chi connectivity index (χ4n) is 3.61. The topological polar surface area (TPSA) is 49.4 Å². The minimum atomic E-state index is -0.605. The largest absolute Gasteiger partial charge is 0.355 e. The van der Waals surface area contributed by atoms with Crippen LogP contribution in [0.1, 0.15) is 23.6 Å². The molecule has 0 aliphatic carbocycles. The van der Waals surface area contributed by atoms with Gasteiger partial charge in [0, 0.05) is 29.4 Å². The number of nitrogens with zero attached hydrogens (tertiary/aromatic N) is 1. The van der Waals surface area contributed by atoms with E-state index < -0.39 is 6.04 Å². The van der Waals surface area contributed by atoms with E-state index in [9.17, 15) is 9.59 Å². The Morgan fingerprint density at radius 1 is 0.970 bits per heavy atom. The monoisotopic (exact) mass is 480 g/mol. The molecule has 0 aliphatic rings. The fraction of sp³-hybridized carbons (Fsp3) is 0.259. The summed E-state index contributed by atoms with van der Waals surface area (Å²) in [4.78, 5) is 29.3. The highest BCUT2D eigenvalue weighted by Crippen LogP contribution is 2.23. The highest BCUT2D eigenvalue weighted by molar-refractivity contribution is 8.00. The molecule has 0 fully saturated rings. The Hall–Kier alpha value is -2.76. The van der Waals surface area contributed by atoms with Gasteiger partial charge < -0.3 is 10.2 Å². The standard InChI is InChI=1S/C27H29ClN2O2S/c1-3-29-27(32)25(17-21-9-5-4-6-10-21)30(18-22-11-7-8-20(2)16-22)26(31)19-33-24-14-12-23(28)13-15-24/h4-16,25H,3,17-19H2,1-2H3,(H,29,32)/t25-/m0/s1. The second kappa shape index (κ2) is 12.5. The van der Waals surface area contributed by atoms with Crippen LogP contribution in [0.15, 0.2) is 83.8 Å². The number of carbonyl (C=O) groups excluding carboxylic acids is 2. The van der Waals surface area contributed by atoms with E-state index in [-0.39, 0.29) is 17.6 Å². The number of amides is 2. The van der Waals surface area contributed by atoms with Crippen LogP contribution in [-0.2, 0) is 22.6 Å². The molecule has 4 nitrogen and oxygen atoms in total. The summed E-state index contributed by atoms with van der Waals surface area (Å²) in [7, 11) is 0. The summed E-state index contributed by atoms with van der Waals surface area (Å²) in [5, 5.41) is 3.58. The van der Waals surface area contributed by atoms with Crippen LogP contribution in [0.5, 0.6) is 0 Å². The Bertz CT molecular complexity index is 1060. The zero-order valence-electron chi connectivity index (χ0n) is 19.0. The maximum atomic E-state index is 13.5. The van der Waals surface area contributed by atoms with Crippen molar-refractivity contribution in [3.8, 4) is 0 Å². The molecule has 0 radical (unpaired) electrons. The minimum absolute atomic E-state index is 0.0800. The van der Waals surface area contributed by atoms with Crippen molar-refractivity contribution in [1.82, 2.24) is 10.2 Å². The van der Waals surface area contributed by atoms with Crippen molar-refractivity contribution in [2.45, 2.75) is 37.8 Å². The molecule has 3 rings (SSSR count). The molecule has 2 amide bonds. The zero-order valence-corrected chi connectivity index (χ0v) is 20.5. The zero-order chi connectivity index (χ0) is 23.6. The molecule has 0 spiro atoms. The Labute approximate surface area is 205 Å².